The van der Waals surface area contributed by atoms with Crippen LogP contribution in [0.3, 0.4) is 0 Å². The normalized spacial score (nSPS) is 19.0. The van der Waals surface area contributed by atoms with Crippen molar-refractivity contribution in [1.82, 2.24) is 0 Å². The van der Waals surface area contributed by atoms with E-state index in [2.05, 4.69) is 5.10 Å². The molecular weight excluding hydrogens is 228 g/mol. The Morgan fingerprint density at radius 1 is 1.33 bits per heavy atom. The molecule has 2 rings (SSSR count). The van der Waals surface area contributed by atoms with Gasteiger partial charge in [-0.05, 0) is 25.5 Å². The molecule has 0 saturated carbocycles. The molecule has 0 bridgehead atoms. The minimum absolute atomic E-state index is 0.0396. The number of amides is 1. The molecule has 0 saturated heterocycles. The minimum atomic E-state index is -0.690. The summed E-state index contributed by atoms with van der Waals surface area (Å²) in [5.74, 6) is -0.968. The van der Waals surface area contributed by atoms with E-state index in [0.29, 0.717) is 17.8 Å². The SMILES string of the molecule is CCCC(=O)C1C(=O)N(c2ccccc2)N=C1C. The van der Waals surface area contributed by atoms with E-state index in [0.717, 1.165) is 6.42 Å². The van der Waals surface area contributed by atoms with Gasteiger partial charge in [-0.3, -0.25) is 9.59 Å². The maximum absolute atomic E-state index is 12.2. The third kappa shape index (κ3) is 2.18. The highest BCUT2D eigenvalue weighted by Crippen LogP contribution is 2.24. The zero-order valence-corrected chi connectivity index (χ0v) is 10.6. The molecule has 0 fully saturated rings. The highest BCUT2D eigenvalue weighted by Gasteiger charge is 2.38. The second-order valence-electron chi connectivity index (χ2n) is 4.38. The lowest BCUT2D eigenvalue weighted by Crippen LogP contribution is -2.32. The maximum atomic E-state index is 12.2. The van der Waals surface area contributed by atoms with Crippen LogP contribution in [0.25, 0.3) is 0 Å². The van der Waals surface area contributed by atoms with Crippen molar-refractivity contribution in [3.63, 3.8) is 0 Å². The van der Waals surface area contributed by atoms with E-state index in [1.165, 1.54) is 5.01 Å². The molecule has 1 aliphatic heterocycles. The summed E-state index contributed by atoms with van der Waals surface area (Å²) in [5.41, 5.74) is 1.29. The molecule has 4 heteroatoms. The fourth-order valence-electron chi connectivity index (χ4n) is 2.08. The van der Waals surface area contributed by atoms with Crippen LogP contribution < -0.4 is 5.01 Å². The van der Waals surface area contributed by atoms with Crippen LogP contribution in [-0.2, 0) is 9.59 Å². The van der Waals surface area contributed by atoms with Gasteiger partial charge in [0, 0.05) is 6.42 Å². The van der Waals surface area contributed by atoms with Crippen molar-refractivity contribution in [1.29, 1.82) is 0 Å². The number of hydrazone groups is 1. The molecule has 1 atom stereocenters. The molecule has 1 unspecified atom stereocenters. The molecule has 0 aromatic heterocycles. The van der Waals surface area contributed by atoms with Gasteiger partial charge in [0.05, 0.1) is 11.4 Å². The summed E-state index contributed by atoms with van der Waals surface area (Å²) in [7, 11) is 0. The molecule has 0 spiro atoms. The average Bonchev–Trinajstić information content (AvgIpc) is 2.66. The van der Waals surface area contributed by atoms with Crippen LogP contribution in [0.2, 0.25) is 0 Å². The molecule has 1 heterocycles. The number of carbonyl (C=O) groups is 2. The van der Waals surface area contributed by atoms with Crippen molar-refractivity contribution >= 4 is 23.1 Å². The molecule has 94 valence electrons. The fraction of sp³-hybridized carbons (Fsp3) is 0.357. The number of hydrogen-bond donors (Lipinski definition) is 0. The largest absolute Gasteiger partial charge is 0.298 e. The van der Waals surface area contributed by atoms with Crippen LogP contribution >= 0.6 is 0 Å². The number of hydrogen-bond acceptors (Lipinski definition) is 3. The van der Waals surface area contributed by atoms with Gasteiger partial charge in [0.2, 0.25) is 0 Å². The highest BCUT2D eigenvalue weighted by molar-refractivity contribution is 6.26. The zero-order chi connectivity index (χ0) is 13.1. The van der Waals surface area contributed by atoms with Crippen LogP contribution in [-0.4, -0.2) is 17.4 Å². The van der Waals surface area contributed by atoms with Crippen LogP contribution in [0.4, 0.5) is 5.69 Å². The summed E-state index contributed by atoms with van der Waals surface area (Å²) < 4.78 is 0. The van der Waals surface area contributed by atoms with E-state index in [4.69, 9.17) is 0 Å². The summed E-state index contributed by atoms with van der Waals surface area (Å²) in [4.78, 5) is 24.1. The molecule has 1 amide bonds. The van der Waals surface area contributed by atoms with E-state index in [9.17, 15) is 9.59 Å². The summed E-state index contributed by atoms with van der Waals surface area (Å²) in [6.45, 7) is 3.66. The van der Waals surface area contributed by atoms with Gasteiger partial charge in [-0.25, -0.2) is 0 Å². The summed E-state index contributed by atoms with van der Waals surface area (Å²) >= 11 is 0. The number of anilines is 1. The Morgan fingerprint density at radius 3 is 2.61 bits per heavy atom. The van der Waals surface area contributed by atoms with Gasteiger partial charge in [-0.2, -0.15) is 10.1 Å². The Labute approximate surface area is 106 Å². The first kappa shape index (κ1) is 12.5. The van der Waals surface area contributed by atoms with Gasteiger partial charge in [0.1, 0.15) is 5.92 Å². The lowest BCUT2D eigenvalue weighted by molar-refractivity contribution is -0.129. The Hall–Kier alpha value is -1.97. The second-order valence-corrected chi connectivity index (χ2v) is 4.38. The topological polar surface area (TPSA) is 49.7 Å². The summed E-state index contributed by atoms with van der Waals surface area (Å²) in [6.07, 6.45) is 1.17. The number of rotatable bonds is 4. The first-order chi connectivity index (χ1) is 8.65. The maximum Gasteiger partial charge on any atom is 0.263 e. The van der Waals surface area contributed by atoms with Crippen molar-refractivity contribution in [2.45, 2.75) is 26.7 Å². The lowest BCUT2D eigenvalue weighted by atomic mass is 9.96. The Kier molecular flexibility index (Phi) is 3.55. The summed E-state index contributed by atoms with van der Waals surface area (Å²) in [5, 5.41) is 5.53. The van der Waals surface area contributed by atoms with Crippen LogP contribution in [0, 0.1) is 5.92 Å². The third-order valence-corrected chi connectivity index (χ3v) is 2.95. The number of benzene rings is 1. The monoisotopic (exact) mass is 244 g/mol. The van der Waals surface area contributed by atoms with Crippen molar-refractivity contribution in [2.24, 2.45) is 11.0 Å². The van der Waals surface area contributed by atoms with E-state index in [1.807, 2.05) is 25.1 Å². The van der Waals surface area contributed by atoms with Crippen LogP contribution in [0.1, 0.15) is 26.7 Å². The molecule has 1 aromatic carbocycles. The Morgan fingerprint density at radius 2 is 2.00 bits per heavy atom. The molecule has 1 aliphatic rings. The van der Waals surface area contributed by atoms with Gasteiger partial charge in [-0.1, -0.05) is 25.1 Å². The van der Waals surface area contributed by atoms with Crippen molar-refractivity contribution in [2.75, 3.05) is 5.01 Å². The standard InChI is InChI=1S/C14H16N2O2/c1-3-7-12(17)13-10(2)15-16(14(13)18)11-8-5-4-6-9-11/h4-6,8-9,13H,3,7H2,1-2H3. The van der Waals surface area contributed by atoms with Gasteiger partial charge >= 0.3 is 0 Å². The van der Waals surface area contributed by atoms with Gasteiger partial charge in [0.25, 0.3) is 5.91 Å². The predicted octanol–water partition coefficient (Wildman–Crippen LogP) is 2.39. The zero-order valence-electron chi connectivity index (χ0n) is 10.6. The second kappa shape index (κ2) is 5.12. The number of Topliss-reactive ketones (excluding diaryl/α,β-unsaturated/α-hetero) is 1. The molecule has 0 radical (unpaired) electrons. The molecule has 1 aromatic rings. The van der Waals surface area contributed by atoms with E-state index in [-0.39, 0.29) is 11.7 Å². The van der Waals surface area contributed by atoms with E-state index < -0.39 is 5.92 Å². The van der Waals surface area contributed by atoms with Gasteiger partial charge in [-0.15, -0.1) is 0 Å². The lowest BCUT2D eigenvalue weighted by Gasteiger charge is -2.13. The molecule has 18 heavy (non-hydrogen) atoms. The van der Waals surface area contributed by atoms with E-state index >= 15 is 0 Å². The summed E-state index contributed by atoms with van der Waals surface area (Å²) in [6, 6.07) is 9.17. The quantitative estimate of drug-likeness (QED) is 0.763. The minimum Gasteiger partial charge on any atom is -0.298 e. The number of nitrogens with zero attached hydrogens (tertiary/aromatic N) is 2. The van der Waals surface area contributed by atoms with Crippen LogP contribution in [0.5, 0.6) is 0 Å². The van der Waals surface area contributed by atoms with Gasteiger partial charge in [0.15, 0.2) is 5.78 Å². The Bertz CT molecular complexity index is 494. The predicted molar refractivity (Wildman–Crippen MR) is 70.4 cm³/mol. The van der Waals surface area contributed by atoms with E-state index in [1.54, 1.807) is 19.1 Å². The van der Waals surface area contributed by atoms with Crippen LogP contribution in [0.15, 0.2) is 35.4 Å². The fourth-order valence-corrected chi connectivity index (χ4v) is 2.08. The molecular formula is C14H16N2O2. The van der Waals surface area contributed by atoms with Crippen molar-refractivity contribution in [3.05, 3.63) is 30.3 Å². The molecule has 4 nitrogen and oxygen atoms in total. The highest BCUT2D eigenvalue weighted by atomic mass is 16.2. The molecule has 0 N–H and O–H groups in total. The number of carbonyl (C=O) groups excluding carboxylic acids is 2. The van der Waals surface area contributed by atoms with Gasteiger partial charge < -0.3 is 0 Å². The number of para-hydroxylation sites is 1. The average molecular weight is 244 g/mol. The third-order valence-electron chi connectivity index (χ3n) is 2.95. The molecule has 0 aliphatic carbocycles. The first-order valence-electron chi connectivity index (χ1n) is 6.12. The first-order valence-corrected chi connectivity index (χ1v) is 6.12. The van der Waals surface area contributed by atoms with Crippen molar-refractivity contribution < 1.29 is 9.59 Å². The smallest absolute Gasteiger partial charge is 0.263 e. The van der Waals surface area contributed by atoms with Crippen molar-refractivity contribution in [3.8, 4) is 0 Å². The number of ketones is 1. The Balaban J connectivity index is 2.24.